The summed E-state index contributed by atoms with van der Waals surface area (Å²) >= 11 is 0. The minimum atomic E-state index is 0.0752. The molecule has 0 aliphatic rings. The number of ketones is 1. The van der Waals surface area contributed by atoms with Gasteiger partial charge in [0.25, 0.3) is 0 Å². The second-order valence-electron chi connectivity index (χ2n) is 10.5. The first-order chi connectivity index (χ1) is 23.7. The third kappa shape index (κ3) is 11.3. The van der Waals surface area contributed by atoms with Gasteiger partial charge in [0.2, 0.25) is 0 Å². The highest BCUT2D eigenvalue weighted by Gasteiger charge is 2.13. The Balaban J connectivity index is 0.000000163. The molecule has 0 aromatic heterocycles. The van der Waals surface area contributed by atoms with Crippen molar-refractivity contribution in [2.75, 3.05) is 13.2 Å². The van der Waals surface area contributed by atoms with E-state index in [4.69, 9.17) is 9.68 Å². The summed E-state index contributed by atoms with van der Waals surface area (Å²) in [6.07, 6.45) is 0. The number of carbonyl (C=O) groups excluding carboxylic acids is 1. The maximum absolute atomic E-state index is 11.8. The largest absolute Gasteiger partial charge is 0.396 e. The Morgan fingerprint density at radius 2 is 0.833 bits per heavy atom. The Morgan fingerprint density at radius 3 is 1.17 bits per heavy atom. The summed E-state index contributed by atoms with van der Waals surface area (Å²) in [5, 5.41) is 4.20. The summed E-state index contributed by atoms with van der Waals surface area (Å²) in [7, 11) is 0. The molecule has 0 spiro atoms. The van der Waals surface area contributed by atoms with E-state index in [9.17, 15) is 4.79 Å². The Kier molecular flexibility index (Phi) is 15.0. The number of rotatable bonds is 11. The van der Waals surface area contributed by atoms with E-state index in [1.54, 1.807) is 0 Å². The maximum Gasteiger partial charge on any atom is 0.193 e. The van der Waals surface area contributed by atoms with Gasteiger partial charge in [0.05, 0.1) is 12.6 Å². The van der Waals surface area contributed by atoms with E-state index in [2.05, 4.69) is 34.9 Å². The first kappa shape index (κ1) is 35.2. The van der Waals surface area contributed by atoms with Crippen LogP contribution in [0.1, 0.15) is 58.1 Å². The number of carbonyl (C=O) groups is 1. The van der Waals surface area contributed by atoms with Crippen LogP contribution in [0.15, 0.2) is 187 Å². The number of hydroxylamine groups is 1. The number of oxime groups is 1. The lowest BCUT2D eigenvalue weighted by Crippen LogP contribution is -2.22. The molecule has 0 unspecified atom stereocenters. The predicted molar refractivity (Wildman–Crippen MR) is 196 cm³/mol. The van der Waals surface area contributed by atoms with Crippen LogP contribution >= 0.6 is 0 Å². The lowest BCUT2D eigenvalue weighted by Gasteiger charge is -2.18. The van der Waals surface area contributed by atoms with Gasteiger partial charge in [-0.15, -0.1) is 0 Å². The van der Waals surface area contributed by atoms with Crippen molar-refractivity contribution in [1.29, 1.82) is 0 Å². The van der Waals surface area contributed by atoms with Gasteiger partial charge in [-0.2, -0.15) is 5.48 Å². The fourth-order valence-corrected chi connectivity index (χ4v) is 4.73. The summed E-state index contributed by atoms with van der Waals surface area (Å²) < 4.78 is 0. The molecule has 0 radical (unpaired) electrons. The molecule has 0 aliphatic carbocycles. The van der Waals surface area contributed by atoms with Crippen molar-refractivity contribution < 1.29 is 14.5 Å². The van der Waals surface area contributed by atoms with Crippen LogP contribution in [-0.2, 0) is 9.68 Å². The summed E-state index contributed by atoms with van der Waals surface area (Å²) in [4.78, 5) is 22.4. The Hall–Kier alpha value is -5.62. The zero-order valence-corrected chi connectivity index (χ0v) is 27.5. The molecule has 0 saturated carbocycles. The molecule has 48 heavy (non-hydrogen) atoms. The molecule has 0 bridgehead atoms. The van der Waals surface area contributed by atoms with Crippen LogP contribution in [-0.4, -0.2) is 24.7 Å². The molecule has 1 N–H and O–H groups in total. The number of hydrogen-bond acceptors (Lipinski definition) is 5. The Bertz CT molecular complexity index is 1630. The van der Waals surface area contributed by atoms with Gasteiger partial charge < -0.3 is 9.68 Å². The van der Waals surface area contributed by atoms with E-state index in [-0.39, 0.29) is 11.8 Å². The molecule has 0 saturated heterocycles. The number of nitrogens with one attached hydrogen (secondary N) is 1. The van der Waals surface area contributed by atoms with Crippen LogP contribution in [0.25, 0.3) is 0 Å². The van der Waals surface area contributed by atoms with Gasteiger partial charge in [-0.25, -0.2) is 0 Å². The lowest BCUT2D eigenvalue weighted by atomic mass is 10.00. The highest BCUT2D eigenvalue weighted by atomic mass is 16.6. The fraction of sp³-hybridized carbons (Fsp3) is 0.116. The molecule has 0 atom stereocenters. The van der Waals surface area contributed by atoms with E-state index < -0.39 is 0 Å². The average molecular weight is 635 g/mol. The van der Waals surface area contributed by atoms with Crippen molar-refractivity contribution >= 4 is 11.5 Å². The van der Waals surface area contributed by atoms with Crippen LogP contribution in [0.3, 0.4) is 0 Å². The molecular weight excluding hydrogens is 592 g/mol. The summed E-state index contributed by atoms with van der Waals surface area (Å²) in [6.45, 7) is 5.12. The number of hydrogen-bond donors (Lipinski definition) is 1. The van der Waals surface area contributed by atoms with Gasteiger partial charge in [0, 0.05) is 22.3 Å². The third-order valence-electron chi connectivity index (χ3n) is 7.06. The molecular formula is C43H42N2O3. The first-order valence-corrected chi connectivity index (χ1v) is 16.1. The van der Waals surface area contributed by atoms with Gasteiger partial charge in [-0.1, -0.05) is 187 Å². The molecule has 0 fully saturated rings. The Morgan fingerprint density at radius 1 is 0.500 bits per heavy atom. The van der Waals surface area contributed by atoms with Crippen molar-refractivity contribution in [3.05, 3.63) is 215 Å². The number of benzene rings is 6. The van der Waals surface area contributed by atoms with Gasteiger partial charge >= 0.3 is 0 Å². The van der Waals surface area contributed by atoms with E-state index >= 15 is 0 Å². The zero-order valence-electron chi connectivity index (χ0n) is 27.5. The quantitative estimate of drug-likeness (QED) is 0.0876. The minimum Gasteiger partial charge on any atom is -0.396 e. The maximum atomic E-state index is 11.8. The first-order valence-electron chi connectivity index (χ1n) is 16.1. The van der Waals surface area contributed by atoms with Crippen LogP contribution in [0.2, 0.25) is 0 Å². The fourth-order valence-electron chi connectivity index (χ4n) is 4.73. The highest BCUT2D eigenvalue weighted by Crippen LogP contribution is 2.21. The van der Waals surface area contributed by atoms with Gasteiger partial charge in [-0.3, -0.25) is 4.79 Å². The molecule has 5 nitrogen and oxygen atoms in total. The SMILES string of the molecule is CCON=C(c1ccccc1)c1ccccc1.CCONC(c1ccccc1)c1ccccc1.O=C(c1ccccc1)c1ccccc1. The van der Waals surface area contributed by atoms with E-state index in [0.717, 1.165) is 28.0 Å². The molecule has 6 rings (SSSR count). The number of nitrogens with zero attached hydrogens (tertiary/aromatic N) is 1. The van der Waals surface area contributed by atoms with Crippen LogP contribution in [0, 0.1) is 0 Å². The smallest absolute Gasteiger partial charge is 0.193 e. The molecule has 0 aliphatic heterocycles. The molecule has 242 valence electrons. The predicted octanol–water partition coefficient (Wildman–Crippen LogP) is 9.71. The van der Waals surface area contributed by atoms with Crippen molar-refractivity contribution in [3.63, 3.8) is 0 Å². The van der Waals surface area contributed by atoms with Crippen LogP contribution < -0.4 is 5.48 Å². The molecule has 6 aromatic rings. The monoisotopic (exact) mass is 634 g/mol. The van der Waals surface area contributed by atoms with Gasteiger partial charge in [-0.05, 0) is 25.0 Å². The lowest BCUT2D eigenvalue weighted by molar-refractivity contribution is 0.0334. The van der Waals surface area contributed by atoms with Crippen molar-refractivity contribution in [2.24, 2.45) is 5.16 Å². The summed E-state index contributed by atoms with van der Waals surface area (Å²) in [6, 6.07) is 59.4. The van der Waals surface area contributed by atoms with Crippen molar-refractivity contribution in [2.45, 2.75) is 19.9 Å². The summed E-state index contributed by atoms with van der Waals surface area (Å²) in [5.74, 6) is 0.0752. The molecule has 6 aromatic carbocycles. The van der Waals surface area contributed by atoms with E-state index in [1.165, 1.54) is 11.1 Å². The average Bonchev–Trinajstić information content (AvgIpc) is 3.18. The molecule has 0 heterocycles. The van der Waals surface area contributed by atoms with Crippen molar-refractivity contribution in [3.8, 4) is 0 Å². The van der Waals surface area contributed by atoms with Gasteiger partial charge in [0.1, 0.15) is 12.3 Å². The van der Waals surface area contributed by atoms with Crippen LogP contribution in [0.5, 0.6) is 0 Å². The molecule has 0 amide bonds. The Labute approximate surface area is 284 Å². The standard InChI is InChI=1S/C15H17NO.C15H15NO.C13H10O/c2*1-2-17-16-15(13-9-5-3-6-10-13)14-11-7-4-8-12-14;14-13(11-7-3-1-4-8-11)12-9-5-2-6-10-12/h3-12,15-16H,2H2,1H3;3-12H,2H2,1H3;1-10H. The minimum absolute atomic E-state index is 0.0752. The summed E-state index contributed by atoms with van der Waals surface area (Å²) in [5.41, 5.74) is 9.97. The van der Waals surface area contributed by atoms with Crippen LogP contribution in [0.4, 0.5) is 0 Å². The normalized spacial score (nSPS) is 10.1. The van der Waals surface area contributed by atoms with E-state index in [1.807, 2.05) is 172 Å². The third-order valence-corrected chi connectivity index (χ3v) is 7.06. The second kappa shape index (κ2) is 20.5. The van der Waals surface area contributed by atoms with Gasteiger partial charge in [0.15, 0.2) is 5.78 Å². The zero-order chi connectivity index (χ0) is 33.7. The topological polar surface area (TPSA) is 59.9 Å². The van der Waals surface area contributed by atoms with Crippen molar-refractivity contribution in [1.82, 2.24) is 5.48 Å². The second-order valence-corrected chi connectivity index (χ2v) is 10.5. The molecule has 5 heteroatoms. The highest BCUT2D eigenvalue weighted by molar-refractivity contribution is 6.12. The van der Waals surface area contributed by atoms with E-state index in [0.29, 0.717) is 13.2 Å².